The molecule has 104 valence electrons. The molecule has 19 heavy (non-hydrogen) atoms. The summed E-state index contributed by atoms with van der Waals surface area (Å²) < 4.78 is 0. The first-order valence-electron chi connectivity index (χ1n) is 5.64. The Labute approximate surface area is 144 Å². The minimum Gasteiger partial charge on any atom is -1.00 e. The van der Waals surface area contributed by atoms with Gasteiger partial charge in [0.1, 0.15) is 0 Å². The van der Waals surface area contributed by atoms with Gasteiger partial charge < -0.3 is 17.0 Å². The van der Waals surface area contributed by atoms with Gasteiger partial charge in [-0.05, 0) is 42.5 Å². The molecule has 0 saturated heterocycles. The van der Waals surface area contributed by atoms with Crippen LogP contribution in [0.2, 0.25) is 10.0 Å². The topological polar surface area (TPSA) is 14.1 Å². The Morgan fingerprint density at radius 2 is 1.47 bits per heavy atom. The molecule has 1 aromatic heterocycles. The van der Waals surface area contributed by atoms with Gasteiger partial charge in [0.2, 0.25) is 0 Å². The fourth-order valence-electron chi connectivity index (χ4n) is 1.78. The van der Waals surface area contributed by atoms with E-state index in [1.54, 1.807) is 0 Å². The normalized spacial score (nSPS) is 9.37. The third-order valence-electron chi connectivity index (χ3n) is 2.70. The van der Waals surface area contributed by atoms with Crippen LogP contribution in [0.25, 0.3) is 0 Å². The summed E-state index contributed by atoms with van der Waals surface area (Å²) in [6.07, 6.45) is 7.12. The molecule has 5 heteroatoms. The summed E-state index contributed by atoms with van der Waals surface area (Å²) in [5.74, 6) is 0. The highest BCUT2D eigenvalue weighted by atomic mass is 79.9. The Kier molecular flexibility index (Phi) is 9.71. The van der Waals surface area contributed by atoms with Gasteiger partial charge in [-0.15, -0.1) is 17.0 Å². The third kappa shape index (κ3) is 6.26. The maximum atomic E-state index is 5.97. The molecule has 0 aliphatic heterocycles. The van der Waals surface area contributed by atoms with E-state index in [1.807, 2.05) is 30.6 Å². The van der Waals surface area contributed by atoms with Crippen molar-refractivity contribution in [1.29, 1.82) is 0 Å². The first-order chi connectivity index (χ1) is 8.25. The van der Waals surface area contributed by atoms with Crippen molar-refractivity contribution in [1.82, 2.24) is 0 Å². The average Bonchev–Trinajstić information content (AvgIpc) is 2.35. The van der Waals surface area contributed by atoms with Crippen LogP contribution in [-0.2, 0) is 12.8 Å². The molecule has 0 unspecified atom stereocenters. The van der Waals surface area contributed by atoms with Crippen LogP contribution >= 0.6 is 40.2 Å². The molecule has 0 aliphatic carbocycles. The van der Waals surface area contributed by atoms with Gasteiger partial charge in [0.15, 0.2) is 12.4 Å². The molecule has 0 saturated carbocycles. The van der Waals surface area contributed by atoms with Gasteiger partial charge in [0, 0.05) is 12.1 Å². The Hall–Kier alpha value is -0.0900. The van der Waals surface area contributed by atoms with E-state index in [9.17, 15) is 0 Å². The smallest absolute Gasteiger partial charge is 0.167 e. The van der Waals surface area contributed by atoms with Gasteiger partial charge in [-0.1, -0.05) is 29.3 Å². The van der Waals surface area contributed by atoms with Gasteiger partial charge >= 0.3 is 0 Å². The number of nitrogens with one attached hydrogen (secondary N) is 1. The van der Waals surface area contributed by atoms with Gasteiger partial charge in [-0.25, -0.2) is 4.98 Å². The number of halogens is 4. The minimum absolute atomic E-state index is 0. The highest BCUT2D eigenvalue weighted by Gasteiger charge is 2.00. The van der Waals surface area contributed by atoms with Gasteiger partial charge in [0.05, 0.1) is 10.0 Å². The van der Waals surface area contributed by atoms with Crippen molar-refractivity contribution in [2.24, 2.45) is 0 Å². The Morgan fingerprint density at radius 1 is 0.842 bits per heavy atom. The SMILES string of the molecule is Br.Clc1ccc(CCCc2cc[nH+]cc2)cc1Cl.[Br-]. The Bertz CT molecular complexity index is 492. The molecule has 2 aromatic rings. The predicted octanol–water partition coefficient (Wildman–Crippen LogP) is 1.56. The number of hydrogen-bond acceptors (Lipinski definition) is 0. The summed E-state index contributed by atoms with van der Waals surface area (Å²) in [5.41, 5.74) is 2.59. The number of aromatic nitrogens is 1. The van der Waals surface area contributed by atoms with E-state index in [2.05, 4.69) is 17.1 Å². The van der Waals surface area contributed by atoms with Crippen molar-refractivity contribution in [3.05, 3.63) is 63.9 Å². The van der Waals surface area contributed by atoms with Crippen LogP contribution in [0.3, 0.4) is 0 Å². The van der Waals surface area contributed by atoms with Crippen LogP contribution in [0, 0.1) is 0 Å². The van der Waals surface area contributed by atoms with Gasteiger partial charge in [0.25, 0.3) is 0 Å². The van der Waals surface area contributed by atoms with Crippen molar-refractivity contribution < 1.29 is 22.0 Å². The number of hydrogen-bond donors (Lipinski definition) is 0. The number of H-pyrrole nitrogens is 1. The van der Waals surface area contributed by atoms with Crippen LogP contribution in [0.5, 0.6) is 0 Å². The summed E-state index contributed by atoms with van der Waals surface area (Å²) >= 11 is 11.8. The molecular formula is C14H15Br2Cl2N. The summed E-state index contributed by atoms with van der Waals surface area (Å²) in [7, 11) is 0. The van der Waals surface area contributed by atoms with E-state index >= 15 is 0 Å². The fourth-order valence-corrected chi connectivity index (χ4v) is 2.10. The summed E-state index contributed by atoms with van der Waals surface area (Å²) in [6, 6.07) is 10.1. The summed E-state index contributed by atoms with van der Waals surface area (Å²) in [5, 5.41) is 1.26. The van der Waals surface area contributed by atoms with Crippen LogP contribution in [0.4, 0.5) is 0 Å². The molecule has 1 heterocycles. The van der Waals surface area contributed by atoms with Crippen molar-refractivity contribution in [3.63, 3.8) is 0 Å². The van der Waals surface area contributed by atoms with E-state index in [4.69, 9.17) is 23.2 Å². The lowest BCUT2D eigenvalue weighted by Gasteiger charge is -2.03. The highest BCUT2D eigenvalue weighted by Crippen LogP contribution is 2.23. The molecule has 0 amide bonds. The van der Waals surface area contributed by atoms with Crippen molar-refractivity contribution >= 4 is 40.2 Å². The van der Waals surface area contributed by atoms with Gasteiger partial charge in [-0.2, -0.15) is 0 Å². The maximum absolute atomic E-state index is 5.97. The standard InChI is InChI=1S/C14H13Cl2N.2BrH/c15-13-5-4-12(10-14(13)16)3-1-2-11-6-8-17-9-7-11;;/h4-10H,1-3H2;2*1H. The molecule has 0 bridgehead atoms. The molecule has 0 spiro atoms. The lowest BCUT2D eigenvalue weighted by atomic mass is 10.1. The Balaban J connectivity index is 0.00000162. The summed E-state index contributed by atoms with van der Waals surface area (Å²) in [4.78, 5) is 3.02. The number of aryl methyl sites for hydroxylation is 2. The molecule has 1 nitrogen and oxygen atoms in total. The monoisotopic (exact) mass is 425 g/mol. The fraction of sp³-hybridized carbons (Fsp3) is 0.214. The Morgan fingerprint density at radius 3 is 2.11 bits per heavy atom. The number of benzene rings is 1. The van der Waals surface area contributed by atoms with Gasteiger partial charge in [-0.3, -0.25) is 0 Å². The molecule has 0 radical (unpaired) electrons. The van der Waals surface area contributed by atoms with Crippen molar-refractivity contribution in [2.75, 3.05) is 0 Å². The van der Waals surface area contributed by atoms with E-state index in [-0.39, 0.29) is 34.0 Å². The first-order valence-corrected chi connectivity index (χ1v) is 6.40. The third-order valence-corrected chi connectivity index (χ3v) is 3.44. The quantitative estimate of drug-likeness (QED) is 0.703. The first kappa shape index (κ1) is 18.9. The number of aromatic amines is 1. The van der Waals surface area contributed by atoms with Crippen molar-refractivity contribution in [2.45, 2.75) is 19.3 Å². The average molecular weight is 428 g/mol. The molecule has 0 aliphatic rings. The van der Waals surface area contributed by atoms with Crippen LogP contribution in [0.15, 0.2) is 42.7 Å². The van der Waals surface area contributed by atoms with E-state index in [0.29, 0.717) is 10.0 Å². The zero-order valence-corrected chi connectivity index (χ0v) is 15.0. The van der Waals surface area contributed by atoms with Crippen LogP contribution in [0.1, 0.15) is 17.5 Å². The maximum Gasteiger partial charge on any atom is 0.167 e. The van der Waals surface area contributed by atoms with Crippen LogP contribution in [-0.4, -0.2) is 0 Å². The molecule has 0 fully saturated rings. The highest BCUT2D eigenvalue weighted by molar-refractivity contribution is 8.93. The lowest BCUT2D eigenvalue weighted by Crippen LogP contribution is -3.00. The second-order valence-corrected chi connectivity index (χ2v) is 4.82. The molecule has 1 N–H and O–H groups in total. The zero-order valence-electron chi connectivity index (χ0n) is 10.2. The predicted molar refractivity (Wildman–Crippen MR) is 81.8 cm³/mol. The second kappa shape index (κ2) is 9.76. The second-order valence-electron chi connectivity index (χ2n) is 4.01. The largest absolute Gasteiger partial charge is 1.00 e. The zero-order chi connectivity index (χ0) is 12.1. The van der Waals surface area contributed by atoms with Crippen molar-refractivity contribution in [3.8, 4) is 0 Å². The van der Waals surface area contributed by atoms with E-state index in [1.165, 1.54) is 11.1 Å². The molecular weight excluding hydrogens is 413 g/mol. The number of rotatable bonds is 4. The van der Waals surface area contributed by atoms with E-state index < -0.39 is 0 Å². The van der Waals surface area contributed by atoms with Crippen LogP contribution < -0.4 is 22.0 Å². The molecule has 2 rings (SSSR count). The molecule has 1 aromatic carbocycles. The summed E-state index contributed by atoms with van der Waals surface area (Å²) in [6.45, 7) is 0. The lowest BCUT2D eigenvalue weighted by molar-refractivity contribution is -0.378. The van der Waals surface area contributed by atoms with E-state index in [0.717, 1.165) is 19.3 Å². The molecule has 0 atom stereocenters. The number of pyridine rings is 1. The minimum atomic E-state index is 0.